The summed E-state index contributed by atoms with van der Waals surface area (Å²) in [5, 5.41) is 0.685. The Balaban J connectivity index is 2.57. The van der Waals surface area contributed by atoms with E-state index in [1.54, 1.807) is 19.1 Å². The number of primary amides is 1. The molecule has 1 unspecified atom stereocenters. The lowest BCUT2D eigenvalue weighted by Crippen LogP contribution is -2.51. The van der Waals surface area contributed by atoms with Gasteiger partial charge in [0, 0.05) is 15.7 Å². The molecule has 0 spiro atoms. The minimum Gasteiger partial charge on any atom is -0.368 e. The summed E-state index contributed by atoms with van der Waals surface area (Å²) < 4.78 is 0. The molecule has 0 heterocycles. The van der Waals surface area contributed by atoms with Crippen LogP contribution in [0, 0.1) is 0 Å². The maximum Gasteiger partial charge on any atom is 0.238 e. The van der Waals surface area contributed by atoms with Crippen LogP contribution < -0.4 is 11.5 Å². The Hall–Kier alpha value is -0.710. The summed E-state index contributed by atoms with van der Waals surface area (Å²) in [6, 6.07) is 7.35. The highest BCUT2D eigenvalue weighted by Crippen LogP contribution is 2.23. The number of nitrogens with two attached hydrogens (primary N) is 2. The molecular weight excluding hydrogens is 232 g/mol. The van der Waals surface area contributed by atoms with E-state index in [-0.39, 0.29) is 0 Å². The molecule has 0 aromatic heterocycles. The zero-order valence-corrected chi connectivity index (χ0v) is 9.94. The van der Waals surface area contributed by atoms with E-state index in [1.807, 2.05) is 12.1 Å². The fraction of sp³-hybridized carbons (Fsp3) is 0.300. The number of benzene rings is 1. The van der Waals surface area contributed by atoms with E-state index in [4.69, 9.17) is 23.1 Å². The number of rotatable bonds is 4. The van der Waals surface area contributed by atoms with Crippen LogP contribution >= 0.6 is 23.4 Å². The van der Waals surface area contributed by atoms with Crippen molar-refractivity contribution < 1.29 is 4.79 Å². The quantitative estimate of drug-likeness (QED) is 0.791. The summed E-state index contributed by atoms with van der Waals surface area (Å²) in [7, 11) is 0. The lowest BCUT2D eigenvalue weighted by atomic mass is 10.1. The Bertz CT molecular complexity index is 351. The van der Waals surface area contributed by atoms with Gasteiger partial charge >= 0.3 is 0 Å². The van der Waals surface area contributed by atoms with E-state index < -0.39 is 11.4 Å². The van der Waals surface area contributed by atoms with Crippen LogP contribution in [0.2, 0.25) is 5.02 Å². The third-order valence-corrected chi connectivity index (χ3v) is 3.52. The first-order valence-electron chi connectivity index (χ1n) is 4.39. The van der Waals surface area contributed by atoms with Crippen LogP contribution in [0.1, 0.15) is 6.92 Å². The van der Waals surface area contributed by atoms with Crippen molar-refractivity contribution in [2.75, 3.05) is 5.75 Å². The first kappa shape index (κ1) is 12.4. The number of amides is 1. The number of halogens is 1. The molecule has 0 saturated carbocycles. The van der Waals surface area contributed by atoms with Crippen molar-refractivity contribution in [3.05, 3.63) is 29.3 Å². The van der Waals surface area contributed by atoms with E-state index in [9.17, 15) is 4.79 Å². The van der Waals surface area contributed by atoms with Crippen molar-refractivity contribution in [2.45, 2.75) is 17.4 Å². The van der Waals surface area contributed by atoms with Crippen molar-refractivity contribution in [2.24, 2.45) is 11.5 Å². The number of carbonyl (C=O) groups excluding carboxylic acids is 1. The minimum absolute atomic E-state index is 0.448. The molecule has 82 valence electrons. The maximum absolute atomic E-state index is 11.0. The molecule has 1 aromatic rings. The second kappa shape index (κ2) is 4.88. The highest BCUT2D eigenvalue weighted by Gasteiger charge is 2.25. The highest BCUT2D eigenvalue weighted by atomic mass is 35.5. The molecule has 1 amide bonds. The lowest BCUT2D eigenvalue weighted by molar-refractivity contribution is -0.121. The van der Waals surface area contributed by atoms with Gasteiger partial charge in [0.2, 0.25) is 5.91 Å². The first-order valence-corrected chi connectivity index (χ1v) is 5.75. The summed E-state index contributed by atoms with van der Waals surface area (Å²) in [6.45, 7) is 1.62. The van der Waals surface area contributed by atoms with Gasteiger partial charge in [-0.3, -0.25) is 4.79 Å². The van der Waals surface area contributed by atoms with Gasteiger partial charge in [-0.2, -0.15) is 0 Å². The molecule has 1 rings (SSSR count). The SMILES string of the molecule is CC(N)(CSc1ccc(Cl)cc1)C(N)=O. The second-order valence-corrected chi connectivity index (χ2v) is 5.01. The van der Waals surface area contributed by atoms with E-state index in [0.717, 1.165) is 4.90 Å². The average Bonchev–Trinajstić information content (AvgIpc) is 2.17. The monoisotopic (exact) mass is 244 g/mol. The topological polar surface area (TPSA) is 69.1 Å². The Morgan fingerprint density at radius 3 is 2.47 bits per heavy atom. The number of hydrogen-bond donors (Lipinski definition) is 2. The fourth-order valence-corrected chi connectivity index (χ4v) is 1.90. The molecule has 0 radical (unpaired) electrons. The third kappa shape index (κ3) is 3.74. The molecular formula is C10H13ClN2OS. The predicted octanol–water partition coefficient (Wildman–Crippen LogP) is 1.63. The molecule has 0 fully saturated rings. The van der Waals surface area contributed by atoms with Crippen molar-refractivity contribution >= 4 is 29.3 Å². The number of carbonyl (C=O) groups is 1. The van der Waals surface area contributed by atoms with Crippen LogP contribution in [0.4, 0.5) is 0 Å². The number of thioether (sulfide) groups is 1. The zero-order chi connectivity index (χ0) is 11.5. The van der Waals surface area contributed by atoms with E-state index in [1.165, 1.54) is 11.8 Å². The van der Waals surface area contributed by atoms with Crippen LogP contribution in [-0.2, 0) is 4.79 Å². The molecule has 5 heteroatoms. The summed E-state index contributed by atoms with van der Waals surface area (Å²) >= 11 is 7.22. The normalized spacial score (nSPS) is 14.6. The van der Waals surface area contributed by atoms with Gasteiger partial charge in [0.15, 0.2) is 0 Å². The van der Waals surface area contributed by atoms with Crippen molar-refractivity contribution in [1.82, 2.24) is 0 Å². The summed E-state index contributed by atoms with van der Waals surface area (Å²) in [5.74, 6) is -0.0480. The lowest BCUT2D eigenvalue weighted by Gasteiger charge is -2.19. The zero-order valence-electron chi connectivity index (χ0n) is 8.37. The summed E-state index contributed by atoms with van der Waals surface area (Å²) in [6.07, 6.45) is 0. The number of hydrogen-bond acceptors (Lipinski definition) is 3. The molecule has 0 saturated heterocycles. The van der Waals surface area contributed by atoms with Gasteiger partial charge in [-0.25, -0.2) is 0 Å². The van der Waals surface area contributed by atoms with Crippen molar-refractivity contribution in [1.29, 1.82) is 0 Å². The van der Waals surface area contributed by atoms with Crippen LogP contribution in [0.15, 0.2) is 29.2 Å². The van der Waals surface area contributed by atoms with E-state index in [2.05, 4.69) is 0 Å². The minimum atomic E-state index is -0.982. The molecule has 0 aliphatic heterocycles. The van der Waals surface area contributed by atoms with E-state index in [0.29, 0.717) is 10.8 Å². The summed E-state index contributed by atoms with van der Waals surface area (Å²) in [4.78, 5) is 12.0. The Kier molecular flexibility index (Phi) is 4.02. The second-order valence-electron chi connectivity index (χ2n) is 3.52. The molecule has 1 atom stereocenters. The van der Waals surface area contributed by atoms with Gasteiger partial charge in [0.1, 0.15) is 5.54 Å². The van der Waals surface area contributed by atoms with E-state index >= 15 is 0 Å². The fourth-order valence-electron chi connectivity index (χ4n) is 0.835. The van der Waals surface area contributed by atoms with Gasteiger partial charge in [-0.15, -0.1) is 11.8 Å². The van der Waals surface area contributed by atoms with Crippen LogP contribution in [0.5, 0.6) is 0 Å². The third-order valence-electron chi connectivity index (χ3n) is 1.92. The predicted molar refractivity (Wildman–Crippen MR) is 64.0 cm³/mol. The Morgan fingerprint density at radius 2 is 2.00 bits per heavy atom. The van der Waals surface area contributed by atoms with Crippen LogP contribution in [-0.4, -0.2) is 17.2 Å². The van der Waals surface area contributed by atoms with Gasteiger partial charge in [0.05, 0.1) is 0 Å². The standard InChI is InChI=1S/C10H13ClN2OS/c1-10(13,9(12)14)6-15-8-4-2-7(11)3-5-8/h2-5H,6,13H2,1H3,(H2,12,14). The molecule has 3 nitrogen and oxygen atoms in total. The summed E-state index contributed by atoms with van der Waals surface area (Å²) in [5.41, 5.74) is 9.89. The largest absolute Gasteiger partial charge is 0.368 e. The highest BCUT2D eigenvalue weighted by molar-refractivity contribution is 7.99. The van der Waals surface area contributed by atoms with Crippen molar-refractivity contribution in [3.63, 3.8) is 0 Å². The Labute approximate surface area is 98.2 Å². The van der Waals surface area contributed by atoms with Gasteiger partial charge < -0.3 is 11.5 Å². The molecule has 0 aliphatic carbocycles. The average molecular weight is 245 g/mol. The first-order chi connectivity index (χ1) is 6.92. The molecule has 0 bridgehead atoms. The molecule has 0 aliphatic rings. The van der Waals surface area contributed by atoms with Gasteiger partial charge in [-0.05, 0) is 31.2 Å². The molecule has 15 heavy (non-hydrogen) atoms. The van der Waals surface area contributed by atoms with Gasteiger partial charge in [0.25, 0.3) is 0 Å². The van der Waals surface area contributed by atoms with Crippen molar-refractivity contribution in [3.8, 4) is 0 Å². The van der Waals surface area contributed by atoms with Gasteiger partial charge in [-0.1, -0.05) is 11.6 Å². The Morgan fingerprint density at radius 1 is 1.47 bits per heavy atom. The maximum atomic E-state index is 11.0. The van der Waals surface area contributed by atoms with Crippen LogP contribution in [0.3, 0.4) is 0 Å². The molecule has 4 N–H and O–H groups in total. The van der Waals surface area contributed by atoms with Crippen LogP contribution in [0.25, 0.3) is 0 Å². The molecule has 1 aromatic carbocycles. The smallest absolute Gasteiger partial charge is 0.238 e.